The normalized spacial score (nSPS) is 18.8. The smallest absolute Gasteiger partial charge is 0.279 e. The summed E-state index contributed by atoms with van der Waals surface area (Å²) >= 11 is 1.61. The van der Waals surface area contributed by atoms with Crippen molar-refractivity contribution in [2.45, 2.75) is 18.8 Å². The molecule has 0 bridgehead atoms. The van der Waals surface area contributed by atoms with Gasteiger partial charge in [0.05, 0.1) is 16.6 Å². The van der Waals surface area contributed by atoms with Gasteiger partial charge in [-0.15, -0.1) is 11.3 Å². The quantitative estimate of drug-likeness (QED) is 0.601. The number of nitrogens with one attached hydrogen (secondary N) is 1. The number of aromatic nitrogens is 5. The van der Waals surface area contributed by atoms with E-state index < -0.39 is 0 Å². The number of aromatic amines is 1. The zero-order chi connectivity index (χ0) is 17.6. The number of benzene rings is 1. The van der Waals surface area contributed by atoms with Crippen molar-refractivity contribution in [3.05, 3.63) is 75.6 Å². The molecule has 1 N–H and O–H groups in total. The van der Waals surface area contributed by atoms with E-state index >= 15 is 0 Å². The zero-order valence-corrected chi connectivity index (χ0v) is 14.8. The van der Waals surface area contributed by atoms with Crippen LogP contribution in [0.25, 0.3) is 17.7 Å². The summed E-state index contributed by atoms with van der Waals surface area (Å²) < 4.78 is 5.30. The molecule has 6 nitrogen and oxygen atoms in total. The van der Waals surface area contributed by atoms with Crippen LogP contribution in [0.1, 0.15) is 28.3 Å². The Bertz CT molecular complexity index is 1080. The summed E-state index contributed by atoms with van der Waals surface area (Å²) in [4.78, 5) is 8.92. The minimum absolute atomic E-state index is 0.317. The molecule has 4 aromatic rings. The van der Waals surface area contributed by atoms with Gasteiger partial charge in [0.1, 0.15) is 0 Å². The molecule has 1 aromatic carbocycles. The molecular formula is C19H15N5OS. The first kappa shape index (κ1) is 15.2. The van der Waals surface area contributed by atoms with E-state index in [0.717, 1.165) is 23.4 Å². The second kappa shape index (κ2) is 5.74. The first-order valence-corrected chi connectivity index (χ1v) is 9.22. The van der Waals surface area contributed by atoms with Crippen molar-refractivity contribution in [2.75, 3.05) is 0 Å². The van der Waals surface area contributed by atoms with Gasteiger partial charge < -0.3 is 4.52 Å². The molecule has 1 aliphatic carbocycles. The van der Waals surface area contributed by atoms with Gasteiger partial charge in [0.2, 0.25) is 0 Å². The number of aryl methyl sites for hydroxylation is 1. The molecule has 1 atom stereocenters. The SMILES string of the molecule is Cc1noc(-c2n[nH]c3c2C=CC(c2ccccc2)(c2cscn2)C3)n1. The third-order valence-corrected chi connectivity index (χ3v) is 5.37. The van der Waals surface area contributed by atoms with Gasteiger partial charge in [0.25, 0.3) is 5.89 Å². The van der Waals surface area contributed by atoms with Crippen molar-refractivity contribution >= 4 is 17.4 Å². The molecule has 0 saturated carbocycles. The van der Waals surface area contributed by atoms with Crippen molar-refractivity contribution in [3.8, 4) is 11.6 Å². The second-order valence-corrected chi connectivity index (χ2v) is 7.05. The Kier molecular flexibility index (Phi) is 3.36. The Morgan fingerprint density at radius 2 is 2.12 bits per heavy atom. The lowest BCUT2D eigenvalue weighted by atomic mass is 9.71. The topological polar surface area (TPSA) is 80.5 Å². The van der Waals surface area contributed by atoms with E-state index in [9.17, 15) is 0 Å². The standard InChI is InChI=1S/C19H15N5OS/c1-12-21-18(25-24-12)17-14-7-8-19(9-15(14)22-23-17,16-10-26-11-20-16)13-5-3-2-4-6-13/h2-8,10-11H,9H2,1H3,(H,22,23). The maximum atomic E-state index is 5.30. The minimum Gasteiger partial charge on any atom is -0.332 e. The number of thiazole rings is 1. The number of hydrogen-bond acceptors (Lipinski definition) is 6. The van der Waals surface area contributed by atoms with Gasteiger partial charge in [-0.2, -0.15) is 10.1 Å². The van der Waals surface area contributed by atoms with E-state index in [2.05, 4.69) is 67.1 Å². The summed E-state index contributed by atoms with van der Waals surface area (Å²) in [5.74, 6) is 1.03. The Hall–Kier alpha value is -3.06. The predicted octanol–water partition coefficient (Wildman–Crippen LogP) is 3.78. The van der Waals surface area contributed by atoms with E-state index in [-0.39, 0.29) is 5.41 Å². The fourth-order valence-electron chi connectivity index (χ4n) is 3.51. The fraction of sp³-hybridized carbons (Fsp3) is 0.158. The van der Waals surface area contributed by atoms with E-state index in [1.807, 2.05) is 11.6 Å². The Morgan fingerprint density at radius 1 is 1.23 bits per heavy atom. The maximum absolute atomic E-state index is 5.30. The van der Waals surface area contributed by atoms with Crippen LogP contribution in [-0.4, -0.2) is 25.3 Å². The molecule has 26 heavy (non-hydrogen) atoms. The summed E-state index contributed by atoms with van der Waals surface area (Å²) in [6, 6.07) is 10.4. The molecule has 0 spiro atoms. The lowest BCUT2D eigenvalue weighted by molar-refractivity contribution is 0.424. The van der Waals surface area contributed by atoms with Crippen molar-refractivity contribution in [2.24, 2.45) is 0 Å². The highest BCUT2D eigenvalue weighted by Crippen LogP contribution is 2.42. The summed E-state index contributed by atoms with van der Waals surface area (Å²) in [5.41, 5.74) is 6.53. The van der Waals surface area contributed by atoms with Crippen LogP contribution < -0.4 is 0 Å². The van der Waals surface area contributed by atoms with Gasteiger partial charge in [0, 0.05) is 23.1 Å². The number of H-pyrrole nitrogens is 1. The number of fused-ring (bicyclic) bond motifs is 1. The summed E-state index contributed by atoms with van der Waals surface area (Å²) in [7, 11) is 0. The van der Waals surface area contributed by atoms with Crippen LogP contribution in [0.3, 0.4) is 0 Å². The van der Waals surface area contributed by atoms with E-state index in [1.54, 1.807) is 18.3 Å². The molecule has 0 fully saturated rings. The lowest BCUT2D eigenvalue weighted by Gasteiger charge is -2.32. The van der Waals surface area contributed by atoms with Crippen LogP contribution in [0, 0.1) is 6.92 Å². The highest BCUT2D eigenvalue weighted by molar-refractivity contribution is 7.07. The van der Waals surface area contributed by atoms with Crippen LogP contribution in [0.15, 0.2) is 51.8 Å². The Balaban J connectivity index is 1.65. The molecule has 0 aliphatic heterocycles. The highest BCUT2D eigenvalue weighted by Gasteiger charge is 2.38. The fourth-order valence-corrected chi connectivity index (χ4v) is 4.15. The molecule has 0 radical (unpaired) electrons. The molecule has 1 aliphatic rings. The lowest BCUT2D eigenvalue weighted by Crippen LogP contribution is -2.30. The average Bonchev–Trinajstić information content (AvgIpc) is 3.42. The van der Waals surface area contributed by atoms with Gasteiger partial charge in [-0.1, -0.05) is 47.6 Å². The van der Waals surface area contributed by atoms with E-state index in [1.165, 1.54) is 5.56 Å². The van der Waals surface area contributed by atoms with Gasteiger partial charge in [-0.3, -0.25) is 5.10 Å². The number of allylic oxidation sites excluding steroid dienone is 1. The summed E-state index contributed by atoms with van der Waals surface area (Å²) in [6.45, 7) is 1.80. The second-order valence-electron chi connectivity index (χ2n) is 6.33. The van der Waals surface area contributed by atoms with Crippen LogP contribution in [0.4, 0.5) is 0 Å². The van der Waals surface area contributed by atoms with Crippen molar-refractivity contribution < 1.29 is 4.52 Å². The molecule has 5 rings (SSSR count). The molecule has 128 valence electrons. The van der Waals surface area contributed by atoms with Crippen LogP contribution in [0.5, 0.6) is 0 Å². The highest BCUT2D eigenvalue weighted by atomic mass is 32.1. The number of hydrogen-bond donors (Lipinski definition) is 1. The maximum Gasteiger partial charge on any atom is 0.279 e. The van der Waals surface area contributed by atoms with E-state index in [4.69, 9.17) is 4.52 Å². The number of nitrogens with zero attached hydrogens (tertiary/aromatic N) is 4. The Labute approximate surface area is 153 Å². The molecule has 0 saturated heterocycles. The monoisotopic (exact) mass is 361 g/mol. The molecule has 7 heteroatoms. The average molecular weight is 361 g/mol. The van der Waals surface area contributed by atoms with Crippen molar-refractivity contribution in [1.82, 2.24) is 25.3 Å². The Morgan fingerprint density at radius 3 is 2.85 bits per heavy atom. The molecule has 1 unspecified atom stereocenters. The molecule has 3 aromatic heterocycles. The number of rotatable bonds is 3. The van der Waals surface area contributed by atoms with E-state index in [0.29, 0.717) is 17.4 Å². The van der Waals surface area contributed by atoms with Gasteiger partial charge >= 0.3 is 0 Å². The molecule has 3 heterocycles. The van der Waals surface area contributed by atoms with Crippen molar-refractivity contribution in [1.29, 1.82) is 0 Å². The van der Waals surface area contributed by atoms with Gasteiger partial charge in [0.15, 0.2) is 11.5 Å². The van der Waals surface area contributed by atoms with Gasteiger partial charge in [-0.05, 0) is 12.5 Å². The first-order chi connectivity index (χ1) is 12.8. The zero-order valence-electron chi connectivity index (χ0n) is 14.0. The van der Waals surface area contributed by atoms with Crippen LogP contribution >= 0.6 is 11.3 Å². The third-order valence-electron chi connectivity index (χ3n) is 4.78. The minimum atomic E-state index is -0.317. The van der Waals surface area contributed by atoms with Crippen LogP contribution in [0.2, 0.25) is 0 Å². The van der Waals surface area contributed by atoms with Crippen LogP contribution in [-0.2, 0) is 11.8 Å². The van der Waals surface area contributed by atoms with Crippen molar-refractivity contribution in [3.63, 3.8) is 0 Å². The first-order valence-electron chi connectivity index (χ1n) is 8.28. The molecular weight excluding hydrogens is 346 g/mol. The summed E-state index contributed by atoms with van der Waals surface area (Å²) in [5, 5.41) is 13.6. The molecule has 0 amide bonds. The van der Waals surface area contributed by atoms with Gasteiger partial charge in [-0.25, -0.2) is 4.98 Å². The third kappa shape index (κ3) is 2.24. The summed E-state index contributed by atoms with van der Waals surface area (Å²) in [6.07, 6.45) is 5.04. The predicted molar refractivity (Wildman–Crippen MR) is 98.7 cm³/mol. The largest absolute Gasteiger partial charge is 0.332 e.